The van der Waals surface area contributed by atoms with Crippen molar-refractivity contribution in [2.45, 2.75) is 0 Å². The van der Waals surface area contributed by atoms with Crippen LogP contribution < -0.4 is 10.6 Å². The number of carbonyl (C=O) groups excluding carboxylic acids is 2. The molecular weight excluding hydrogens is 426 g/mol. The number of nitrogens with zero attached hydrogens (tertiary/aromatic N) is 1. The highest BCUT2D eigenvalue weighted by Crippen LogP contribution is 2.27. The van der Waals surface area contributed by atoms with Gasteiger partial charge in [0.1, 0.15) is 6.61 Å². The lowest BCUT2D eigenvalue weighted by molar-refractivity contribution is -0.119. The number of para-hydroxylation sites is 1. The maximum Gasteiger partial charge on any atom is 0.256 e. The fourth-order valence-corrected chi connectivity index (χ4v) is 3.42. The van der Waals surface area contributed by atoms with Gasteiger partial charge in [0, 0.05) is 34.5 Å². The SMILES string of the molecule is COCC(=O)Nc1ccc(NC(=O)c2cc(-c3ccc(Cl)cc3)nc3ccccc23)cc1. The Kier molecular flexibility index (Phi) is 6.44. The molecule has 160 valence electrons. The fourth-order valence-electron chi connectivity index (χ4n) is 3.30. The molecule has 0 aliphatic rings. The Balaban J connectivity index is 1.61. The van der Waals surface area contributed by atoms with Crippen molar-refractivity contribution in [3.63, 3.8) is 0 Å². The first-order valence-corrected chi connectivity index (χ1v) is 10.3. The van der Waals surface area contributed by atoms with E-state index in [0.29, 0.717) is 27.7 Å². The Bertz CT molecular complexity index is 1270. The van der Waals surface area contributed by atoms with E-state index in [2.05, 4.69) is 10.6 Å². The number of methoxy groups -OCH3 is 1. The summed E-state index contributed by atoms with van der Waals surface area (Å²) in [4.78, 5) is 29.5. The van der Waals surface area contributed by atoms with Gasteiger partial charge in [-0.2, -0.15) is 0 Å². The molecule has 0 radical (unpaired) electrons. The molecule has 0 aliphatic carbocycles. The zero-order chi connectivity index (χ0) is 22.5. The smallest absolute Gasteiger partial charge is 0.256 e. The van der Waals surface area contributed by atoms with Crippen molar-refractivity contribution in [3.05, 3.63) is 89.4 Å². The summed E-state index contributed by atoms with van der Waals surface area (Å²) in [6.07, 6.45) is 0. The largest absolute Gasteiger partial charge is 0.375 e. The standard InChI is InChI=1S/C25H20ClN3O3/c1-32-15-24(30)27-18-10-12-19(13-11-18)28-25(31)21-14-23(16-6-8-17(26)9-7-16)29-22-5-3-2-4-20(21)22/h2-14H,15H2,1H3,(H,27,30)(H,28,31). The number of rotatable bonds is 6. The van der Waals surface area contributed by atoms with E-state index in [0.717, 1.165) is 16.5 Å². The van der Waals surface area contributed by atoms with Crippen LogP contribution in [0.5, 0.6) is 0 Å². The number of hydrogen-bond donors (Lipinski definition) is 2. The molecule has 1 aromatic heterocycles. The van der Waals surface area contributed by atoms with E-state index in [4.69, 9.17) is 21.3 Å². The van der Waals surface area contributed by atoms with Gasteiger partial charge in [0.15, 0.2) is 0 Å². The zero-order valence-electron chi connectivity index (χ0n) is 17.3. The van der Waals surface area contributed by atoms with Crippen molar-refractivity contribution in [2.75, 3.05) is 24.4 Å². The van der Waals surface area contributed by atoms with Gasteiger partial charge in [-0.25, -0.2) is 4.98 Å². The molecular formula is C25H20ClN3O3. The third-order valence-corrected chi connectivity index (χ3v) is 5.05. The molecule has 1 heterocycles. The van der Waals surface area contributed by atoms with E-state index in [1.165, 1.54) is 7.11 Å². The van der Waals surface area contributed by atoms with Crippen molar-refractivity contribution >= 4 is 45.7 Å². The second-order valence-electron chi connectivity index (χ2n) is 7.09. The normalized spacial score (nSPS) is 10.7. The number of ether oxygens (including phenoxy) is 1. The average Bonchev–Trinajstić information content (AvgIpc) is 2.80. The van der Waals surface area contributed by atoms with Crippen molar-refractivity contribution in [2.24, 2.45) is 0 Å². The molecule has 0 unspecified atom stereocenters. The van der Waals surface area contributed by atoms with Gasteiger partial charge in [0.25, 0.3) is 5.91 Å². The van der Waals surface area contributed by atoms with Crippen LogP contribution in [-0.4, -0.2) is 30.5 Å². The highest BCUT2D eigenvalue weighted by Gasteiger charge is 2.14. The second-order valence-corrected chi connectivity index (χ2v) is 7.53. The number of fused-ring (bicyclic) bond motifs is 1. The molecule has 4 rings (SSSR count). The lowest BCUT2D eigenvalue weighted by atomic mass is 10.0. The van der Waals surface area contributed by atoms with Gasteiger partial charge in [-0.3, -0.25) is 9.59 Å². The Morgan fingerprint density at radius 1 is 0.906 bits per heavy atom. The van der Waals surface area contributed by atoms with Gasteiger partial charge in [-0.1, -0.05) is 41.9 Å². The van der Waals surface area contributed by atoms with E-state index in [-0.39, 0.29) is 18.4 Å². The summed E-state index contributed by atoms with van der Waals surface area (Å²) >= 11 is 6.01. The Morgan fingerprint density at radius 3 is 2.25 bits per heavy atom. The minimum atomic E-state index is -0.255. The number of amides is 2. The van der Waals surface area contributed by atoms with E-state index >= 15 is 0 Å². The van der Waals surface area contributed by atoms with Crippen LogP contribution in [0.1, 0.15) is 10.4 Å². The molecule has 2 N–H and O–H groups in total. The number of hydrogen-bond acceptors (Lipinski definition) is 4. The Hall–Kier alpha value is -3.74. The van der Waals surface area contributed by atoms with Crippen LogP contribution in [0.25, 0.3) is 22.2 Å². The molecule has 4 aromatic rings. The van der Waals surface area contributed by atoms with Gasteiger partial charge in [0.2, 0.25) is 5.91 Å². The number of pyridine rings is 1. The monoisotopic (exact) mass is 445 g/mol. The molecule has 32 heavy (non-hydrogen) atoms. The van der Waals surface area contributed by atoms with Crippen LogP contribution in [0.4, 0.5) is 11.4 Å². The third-order valence-electron chi connectivity index (χ3n) is 4.80. The molecule has 0 saturated carbocycles. The molecule has 7 heteroatoms. The minimum absolute atomic E-state index is 0.0242. The van der Waals surface area contributed by atoms with Crippen LogP contribution in [0, 0.1) is 0 Å². The van der Waals surface area contributed by atoms with E-state index in [1.807, 2.05) is 36.4 Å². The molecule has 0 bridgehead atoms. The maximum absolute atomic E-state index is 13.2. The summed E-state index contributed by atoms with van der Waals surface area (Å²) < 4.78 is 4.80. The van der Waals surface area contributed by atoms with Gasteiger partial charge >= 0.3 is 0 Å². The zero-order valence-corrected chi connectivity index (χ0v) is 18.0. The van der Waals surface area contributed by atoms with Gasteiger partial charge in [0.05, 0.1) is 16.8 Å². The van der Waals surface area contributed by atoms with E-state index in [1.54, 1.807) is 42.5 Å². The number of aromatic nitrogens is 1. The van der Waals surface area contributed by atoms with Crippen LogP contribution in [-0.2, 0) is 9.53 Å². The van der Waals surface area contributed by atoms with Crippen molar-refractivity contribution in [3.8, 4) is 11.3 Å². The van der Waals surface area contributed by atoms with Crippen molar-refractivity contribution < 1.29 is 14.3 Å². The highest BCUT2D eigenvalue weighted by molar-refractivity contribution is 6.30. The quantitative estimate of drug-likeness (QED) is 0.417. The molecule has 6 nitrogen and oxygen atoms in total. The van der Waals surface area contributed by atoms with Gasteiger partial charge < -0.3 is 15.4 Å². The van der Waals surface area contributed by atoms with Crippen LogP contribution in [0.2, 0.25) is 5.02 Å². The highest BCUT2D eigenvalue weighted by atomic mass is 35.5. The van der Waals surface area contributed by atoms with Crippen molar-refractivity contribution in [1.82, 2.24) is 4.98 Å². The predicted octanol–water partition coefficient (Wildman–Crippen LogP) is 5.39. The minimum Gasteiger partial charge on any atom is -0.375 e. The van der Waals surface area contributed by atoms with Crippen LogP contribution in [0.3, 0.4) is 0 Å². The molecule has 3 aromatic carbocycles. The number of nitrogens with one attached hydrogen (secondary N) is 2. The summed E-state index contributed by atoms with van der Waals surface area (Å²) in [5, 5.41) is 7.02. The first kappa shape index (κ1) is 21.5. The van der Waals surface area contributed by atoms with Crippen molar-refractivity contribution in [1.29, 1.82) is 0 Å². The molecule has 0 saturated heterocycles. The number of anilines is 2. The second kappa shape index (κ2) is 9.60. The van der Waals surface area contributed by atoms with Gasteiger partial charge in [-0.05, 0) is 48.5 Å². The molecule has 2 amide bonds. The predicted molar refractivity (Wildman–Crippen MR) is 127 cm³/mol. The summed E-state index contributed by atoms with van der Waals surface area (Å²) in [6.45, 7) is -0.0242. The molecule has 0 atom stereocenters. The number of halogens is 1. The molecule has 0 fully saturated rings. The average molecular weight is 446 g/mol. The van der Waals surface area contributed by atoms with Gasteiger partial charge in [-0.15, -0.1) is 0 Å². The first-order chi connectivity index (χ1) is 15.5. The van der Waals surface area contributed by atoms with Crippen LogP contribution >= 0.6 is 11.6 Å². The number of benzene rings is 3. The molecule has 0 spiro atoms. The number of carbonyl (C=O) groups is 2. The summed E-state index contributed by atoms with van der Waals surface area (Å²) in [6, 6.07) is 23.5. The summed E-state index contributed by atoms with van der Waals surface area (Å²) in [7, 11) is 1.46. The Labute approximate surface area is 190 Å². The molecule has 0 aliphatic heterocycles. The third kappa shape index (κ3) is 4.94. The van der Waals surface area contributed by atoms with Crippen LogP contribution in [0.15, 0.2) is 78.9 Å². The maximum atomic E-state index is 13.2. The lowest BCUT2D eigenvalue weighted by Gasteiger charge is -2.11. The Morgan fingerprint density at radius 2 is 1.56 bits per heavy atom. The summed E-state index contributed by atoms with van der Waals surface area (Å²) in [5.74, 6) is -0.503. The summed E-state index contributed by atoms with van der Waals surface area (Å²) in [5.41, 5.74) is 4.00. The van der Waals surface area contributed by atoms with E-state index in [9.17, 15) is 9.59 Å². The van der Waals surface area contributed by atoms with E-state index < -0.39 is 0 Å². The first-order valence-electron chi connectivity index (χ1n) is 9.89. The fraction of sp³-hybridized carbons (Fsp3) is 0.0800. The topological polar surface area (TPSA) is 80.3 Å². The lowest BCUT2D eigenvalue weighted by Crippen LogP contribution is -2.17.